The smallest absolute Gasteiger partial charge is 0.250 e. The summed E-state index contributed by atoms with van der Waals surface area (Å²) in [6.07, 6.45) is 0.599. The van der Waals surface area contributed by atoms with Crippen molar-refractivity contribution in [3.05, 3.63) is 28.2 Å². The molecule has 0 aromatic heterocycles. The second kappa shape index (κ2) is 6.18. The molecule has 0 bridgehead atoms. The summed E-state index contributed by atoms with van der Waals surface area (Å²) in [6.45, 7) is 7.79. The third-order valence-electron chi connectivity index (χ3n) is 3.86. The molecule has 2 atom stereocenters. The van der Waals surface area contributed by atoms with E-state index in [1.54, 1.807) is 4.90 Å². The fourth-order valence-corrected chi connectivity index (χ4v) is 3.25. The first-order valence-electron chi connectivity index (χ1n) is 7.26. The summed E-state index contributed by atoms with van der Waals surface area (Å²) < 4.78 is 0.964. The molecule has 4 nitrogen and oxygen atoms in total. The molecule has 5 heteroatoms. The fraction of sp³-hybridized carbons (Fsp3) is 0.500. The quantitative estimate of drug-likeness (QED) is 0.908. The van der Waals surface area contributed by atoms with Gasteiger partial charge in [-0.2, -0.15) is 0 Å². The van der Waals surface area contributed by atoms with E-state index in [9.17, 15) is 9.59 Å². The van der Waals surface area contributed by atoms with Gasteiger partial charge in [0, 0.05) is 10.2 Å². The van der Waals surface area contributed by atoms with Crippen LogP contribution in [0.4, 0.5) is 5.69 Å². The molecule has 0 aliphatic carbocycles. The third kappa shape index (κ3) is 2.98. The molecule has 21 heavy (non-hydrogen) atoms. The molecule has 2 unspecified atom stereocenters. The lowest BCUT2D eigenvalue weighted by Gasteiger charge is -2.41. The molecule has 1 N–H and O–H groups in total. The minimum atomic E-state index is -0.458. The highest BCUT2D eigenvalue weighted by atomic mass is 79.9. The topological polar surface area (TPSA) is 49.4 Å². The summed E-state index contributed by atoms with van der Waals surface area (Å²) in [6, 6.07) is 4.88. The van der Waals surface area contributed by atoms with E-state index < -0.39 is 12.1 Å². The zero-order chi connectivity index (χ0) is 15.7. The average molecular weight is 353 g/mol. The molecule has 0 radical (unpaired) electrons. The Balaban J connectivity index is 2.52. The van der Waals surface area contributed by atoms with Crippen molar-refractivity contribution in [2.45, 2.75) is 46.2 Å². The number of hydrogen-bond donors (Lipinski definition) is 1. The predicted octanol–water partition coefficient (Wildman–Crippen LogP) is 3.02. The van der Waals surface area contributed by atoms with E-state index in [0.29, 0.717) is 6.42 Å². The highest BCUT2D eigenvalue weighted by Crippen LogP contribution is 2.30. The Labute approximate surface area is 134 Å². The summed E-state index contributed by atoms with van der Waals surface area (Å²) >= 11 is 3.43. The van der Waals surface area contributed by atoms with Crippen molar-refractivity contribution in [1.82, 2.24) is 5.32 Å². The van der Waals surface area contributed by atoms with Crippen LogP contribution in [0.1, 0.15) is 32.8 Å². The molecule has 1 aliphatic heterocycles. The number of halogens is 1. The van der Waals surface area contributed by atoms with E-state index in [-0.39, 0.29) is 17.7 Å². The van der Waals surface area contributed by atoms with Crippen molar-refractivity contribution in [2.24, 2.45) is 5.92 Å². The maximum atomic E-state index is 12.8. The normalized spacial score (nSPS) is 22.7. The molecule has 1 heterocycles. The molecule has 1 saturated heterocycles. The van der Waals surface area contributed by atoms with Crippen LogP contribution in [0, 0.1) is 12.8 Å². The van der Waals surface area contributed by atoms with Crippen LogP contribution in [0.15, 0.2) is 22.7 Å². The van der Waals surface area contributed by atoms with Gasteiger partial charge in [-0.3, -0.25) is 14.5 Å². The van der Waals surface area contributed by atoms with Crippen LogP contribution >= 0.6 is 15.9 Å². The van der Waals surface area contributed by atoms with Crippen molar-refractivity contribution < 1.29 is 9.59 Å². The summed E-state index contributed by atoms with van der Waals surface area (Å²) in [4.78, 5) is 26.8. The molecule has 1 fully saturated rings. The Morgan fingerprint density at radius 2 is 2.00 bits per heavy atom. The minimum Gasteiger partial charge on any atom is -0.342 e. The third-order valence-corrected chi connectivity index (χ3v) is 4.35. The van der Waals surface area contributed by atoms with Gasteiger partial charge in [0.15, 0.2) is 0 Å². The van der Waals surface area contributed by atoms with Crippen molar-refractivity contribution in [3.63, 3.8) is 0 Å². The molecule has 0 saturated carbocycles. The van der Waals surface area contributed by atoms with Crippen molar-refractivity contribution >= 4 is 33.4 Å². The van der Waals surface area contributed by atoms with Crippen molar-refractivity contribution in [1.29, 1.82) is 0 Å². The van der Waals surface area contributed by atoms with Gasteiger partial charge < -0.3 is 5.32 Å². The standard InChI is InChI=1S/C16H21BrN2O2/c1-5-12-16(21)19(14(9(2)3)15(20)18-12)13-7-6-11(17)8-10(13)4/h6-9,12,14H,5H2,1-4H3,(H,18,20). The zero-order valence-electron chi connectivity index (χ0n) is 12.8. The fourth-order valence-electron chi connectivity index (χ4n) is 2.78. The number of hydrogen-bond acceptors (Lipinski definition) is 2. The SMILES string of the molecule is CCC1NC(=O)C(C(C)C)N(c2ccc(Br)cc2C)C1=O. The van der Waals surface area contributed by atoms with Gasteiger partial charge >= 0.3 is 0 Å². The number of anilines is 1. The van der Waals surface area contributed by atoms with Gasteiger partial charge in [-0.15, -0.1) is 0 Å². The van der Waals surface area contributed by atoms with Gasteiger partial charge in [-0.1, -0.05) is 36.7 Å². The Hall–Kier alpha value is -1.36. The summed E-state index contributed by atoms with van der Waals surface area (Å²) in [5, 5.41) is 2.84. The first kappa shape index (κ1) is 16.0. The first-order chi connectivity index (χ1) is 9.86. The van der Waals surface area contributed by atoms with Crippen molar-refractivity contribution in [3.8, 4) is 0 Å². The second-order valence-electron chi connectivity index (χ2n) is 5.80. The van der Waals surface area contributed by atoms with Crippen LogP contribution in [-0.4, -0.2) is 23.9 Å². The monoisotopic (exact) mass is 352 g/mol. The Morgan fingerprint density at radius 3 is 2.52 bits per heavy atom. The molecule has 2 rings (SSSR count). The Morgan fingerprint density at radius 1 is 1.33 bits per heavy atom. The molecular weight excluding hydrogens is 332 g/mol. The molecule has 114 valence electrons. The van der Waals surface area contributed by atoms with Gasteiger partial charge in [0.05, 0.1) is 0 Å². The van der Waals surface area contributed by atoms with E-state index >= 15 is 0 Å². The van der Waals surface area contributed by atoms with Gasteiger partial charge in [0.25, 0.3) is 0 Å². The van der Waals surface area contributed by atoms with E-state index in [1.165, 1.54) is 0 Å². The summed E-state index contributed by atoms with van der Waals surface area (Å²) in [5.74, 6) is -0.0465. The predicted molar refractivity (Wildman–Crippen MR) is 87.2 cm³/mol. The number of rotatable bonds is 3. The molecular formula is C16H21BrN2O2. The van der Waals surface area contributed by atoms with Crippen LogP contribution < -0.4 is 10.2 Å². The lowest BCUT2D eigenvalue weighted by molar-refractivity contribution is -0.134. The number of amides is 2. The lowest BCUT2D eigenvalue weighted by Crippen LogP contribution is -2.65. The highest BCUT2D eigenvalue weighted by molar-refractivity contribution is 9.10. The highest BCUT2D eigenvalue weighted by Gasteiger charge is 2.42. The van der Waals surface area contributed by atoms with E-state index in [1.807, 2.05) is 45.9 Å². The molecule has 1 aromatic rings. The summed E-state index contributed by atoms with van der Waals surface area (Å²) in [7, 11) is 0. The maximum Gasteiger partial charge on any atom is 0.250 e. The molecule has 1 aromatic carbocycles. The number of carbonyl (C=O) groups is 2. The van der Waals surface area contributed by atoms with Gasteiger partial charge in [0.1, 0.15) is 12.1 Å². The van der Waals surface area contributed by atoms with E-state index in [2.05, 4.69) is 21.2 Å². The number of nitrogens with zero attached hydrogens (tertiary/aromatic N) is 1. The maximum absolute atomic E-state index is 12.8. The average Bonchev–Trinajstić information content (AvgIpc) is 2.40. The van der Waals surface area contributed by atoms with Crippen LogP contribution in [0.5, 0.6) is 0 Å². The van der Waals surface area contributed by atoms with Gasteiger partial charge in [0.2, 0.25) is 11.8 Å². The number of aryl methyl sites for hydroxylation is 1. The van der Waals surface area contributed by atoms with Crippen LogP contribution in [0.25, 0.3) is 0 Å². The number of nitrogens with one attached hydrogen (secondary N) is 1. The Kier molecular flexibility index (Phi) is 4.71. The van der Waals surface area contributed by atoms with Gasteiger partial charge in [-0.25, -0.2) is 0 Å². The van der Waals surface area contributed by atoms with E-state index in [4.69, 9.17) is 0 Å². The van der Waals surface area contributed by atoms with Gasteiger partial charge in [-0.05, 0) is 43.0 Å². The van der Waals surface area contributed by atoms with Crippen LogP contribution in [0.2, 0.25) is 0 Å². The number of piperazine rings is 1. The lowest BCUT2D eigenvalue weighted by atomic mass is 9.94. The number of carbonyl (C=O) groups excluding carboxylic acids is 2. The molecule has 1 aliphatic rings. The number of benzene rings is 1. The second-order valence-corrected chi connectivity index (χ2v) is 6.71. The Bertz CT molecular complexity index is 571. The minimum absolute atomic E-state index is 0.0266. The van der Waals surface area contributed by atoms with Crippen LogP contribution in [0.3, 0.4) is 0 Å². The van der Waals surface area contributed by atoms with Crippen LogP contribution in [-0.2, 0) is 9.59 Å². The molecule has 2 amide bonds. The van der Waals surface area contributed by atoms with Crippen molar-refractivity contribution in [2.75, 3.05) is 4.90 Å². The van der Waals surface area contributed by atoms with E-state index in [0.717, 1.165) is 15.7 Å². The first-order valence-corrected chi connectivity index (χ1v) is 8.05. The molecule has 0 spiro atoms. The zero-order valence-corrected chi connectivity index (χ0v) is 14.4. The largest absolute Gasteiger partial charge is 0.342 e. The summed E-state index contributed by atoms with van der Waals surface area (Å²) in [5.41, 5.74) is 1.79.